The summed E-state index contributed by atoms with van der Waals surface area (Å²) in [5.74, 6) is 0. The van der Waals surface area contributed by atoms with Crippen molar-refractivity contribution >= 4 is 93.1 Å². The summed E-state index contributed by atoms with van der Waals surface area (Å²) >= 11 is 0. The van der Waals surface area contributed by atoms with Crippen LogP contribution in [0.15, 0.2) is 249 Å². The number of rotatable bonds is 8. The summed E-state index contributed by atoms with van der Waals surface area (Å²) in [7, 11) is 0. The van der Waals surface area contributed by atoms with E-state index in [4.69, 9.17) is 0 Å². The minimum atomic E-state index is 1.07. The van der Waals surface area contributed by atoms with E-state index in [2.05, 4.69) is 259 Å². The highest BCUT2D eigenvalue weighted by Crippen LogP contribution is 2.46. The molecule has 13 aromatic rings. The van der Waals surface area contributed by atoms with E-state index in [1.807, 2.05) is 0 Å². The third kappa shape index (κ3) is 6.42. The Morgan fingerprint density at radius 1 is 0.273 bits per heavy atom. The molecular weight excluding hydrogens is 797 g/mol. The molecule has 0 fully saturated rings. The van der Waals surface area contributed by atoms with Gasteiger partial charge in [0.1, 0.15) is 0 Å². The average molecular weight is 839 g/mol. The molecule has 0 aromatic heterocycles. The molecular formula is C64H42N2. The molecule has 0 atom stereocenters. The van der Waals surface area contributed by atoms with Gasteiger partial charge in [-0.1, -0.05) is 194 Å². The lowest BCUT2D eigenvalue weighted by Gasteiger charge is -2.26. The smallest absolute Gasteiger partial charge is 0.0470 e. The zero-order valence-electron chi connectivity index (χ0n) is 36.1. The Morgan fingerprint density at radius 3 is 1.36 bits per heavy atom. The summed E-state index contributed by atoms with van der Waals surface area (Å²) in [6, 6.07) is 90.9. The van der Waals surface area contributed by atoms with Crippen molar-refractivity contribution in [2.75, 3.05) is 10.2 Å². The molecule has 0 aliphatic carbocycles. The van der Waals surface area contributed by atoms with Crippen molar-refractivity contribution in [2.45, 2.75) is 0 Å². The topological polar surface area (TPSA) is 15.3 Å². The van der Waals surface area contributed by atoms with Gasteiger partial charge in [0.15, 0.2) is 0 Å². The van der Waals surface area contributed by atoms with Gasteiger partial charge < -0.3 is 10.2 Å². The lowest BCUT2D eigenvalue weighted by Crippen LogP contribution is -2.09. The van der Waals surface area contributed by atoms with Crippen molar-refractivity contribution < 1.29 is 0 Å². The molecule has 0 aliphatic heterocycles. The summed E-state index contributed by atoms with van der Waals surface area (Å²) in [6.07, 6.45) is 0. The molecule has 308 valence electrons. The molecule has 0 spiro atoms. The molecule has 0 heterocycles. The maximum absolute atomic E-state index is 3.77. The van der Waals surface area contributed by atoms with Gasteiger partial charge in [0, 0.05) is 34.0 Å². The average Bonchev–Trinajstić information content (AvgIpc) is 3.38. The molecule has 0 radical (unpaired) electrons. The number of anilines is 5. The van der Waals surface area contributed by atoms with Gasteiger partial charge in [-0.3, -0.25) is 0 Å². The fourth-order valence-electron chi connectivity index (χ4n) is 10.3. The third-order valence-corrected chi connectivity index (χ3v) is 13.6. The van der Waals surface area contributed by atoms with E-state index >= 15 is 0 Å². The number of fused-ring (bicyclic) bond motifs is 3. The van der Waals surface area contributed by atoms with Crippen LogP contribution in [0.4, 0.5) is 28.4 Å². The van der Waals surface area contributed by atoms with Gasteiger partial charge >= 0.3 is 0 Å². The van der Waals surface area contributed by atoms with Gasteiger partial charge in [0.25, 0.3) is 0 Å². The Balaban J connectivity index is 0.872. The molecule has 0 amide bonds. The van der Waals surface area contributed by atoms with Gasteiger partial charge in [-0.15, -0.1) is 0 Å². The molecule has 0 saturated carbocycles. The third-order valence-electron chi connectivity index (χ3n) is 13.6. The highest BCUT2D eigenvalue weighted by Gasteiger charge is 2.19. The second-order valence-corrected chi connectivity index (χ2v) is 17.4. The number of benzene rings is 13. The van der Waals surface area contributed by atoms with Crippen molar-refractivity contribution in [3.63, 3.8) is 0 Å². The van der Waals surface area contributed by atoms with Gasteiger partial charge in [0.05, 0.1) is 0 Å². The lowest BCUT2D eigenvalue weighted by atomic mass is 9.86. The van der Waals surface area contributed by atoms with Gasteiger partial charge in [-0.25, -0.2) is 0 Å². The second kappa shape index (κ2) is 15.5. The highest BCUT2D eigenvalue weighted by atomic mass is 15.1. The normalized spacial score (nSPS) is 11.6. The Bertz CT molecular complexity index is 3870. The predicted molar refractivity (Wildman–Crippen MR) is 283 cm³/mol. The number of hydrogen-bond donors (Lipinski definition) is 1. The van der Waals surface area contributed by atoms with Gasteiger partial charge in [0.2, 0.25) is 0 Å². The number of para-hydroxylation sites is 1. The highest BCUT2D eigenvalue weighted by molar-refractivity contribution is 6.28. The number of hydrogen-bond acceptors (Lipinski definition) is 2. The van der Waals surface area contributed by atoms with Crippen LogP contribution in [0.3, 0.4) is 0 Å². The van der Waals surface area contributed by atoms with E-state index < -0.39 is 0 Å². The lowest BCUT2D eigenvalue weighted by molar-refractivity contribution is 1.29. The molecule has 0 unspecified atom stereocenters. The van der Waals surface area contributed by atoms with E-state index in [-0.39, 0.29) is 0 Å². The molecule has 13 aromatic carbocycles. The minimum Gasteiger partial charge on any atom is -0.355 e. The fraction of sp³-hybridized carbons (Fsp3) is 0. The quantitative estimate of drug-likeness (QED) is 0.153. The molecule has 66 heavy (non-hydrogen) atoms. The monoisotopic (exact) mass is 838 g/mol. The van der Waals surface area contributed by atoms with Crippen LogP contribution < -0.4 is 10.2 Å². The Hall–Kier alpha value is -8.72. The van der Waals surface area contributed by atoms with E-state index in [0.717, 1.165) is 28.4 Å². The second-order valence-electron chi connectivity index (χ2n) is 17.4. The number of nitrogens with one attached hydrogen (secondary N) is 1. The Kier molecular flexibility index (Phi) is 8.89. The predicted octanol–water partition coefficient (Wildman–Crippen LogP) is 18.3. The van der Waals surface area contributed by atoms with E-state index in [0.29, 0.717) is 0 Å². The van der Waals surface area contributed by atoms with Crippen LogP contribution in [-0.4, -0.2) is 0 Å². The zero-order chi connectivity index (χ0) is 43.6. The first-order valence-electron chi connectivity index (χ1n) is 22.7. The molecule has 1 N–H and O–H groups in total. The van der Waals surface area contributed by atoms with Gasteiger partial charge in [-0.2, -0.15) is 0 Å². The van der Waals surface area contributed by atoms with Crippen molar-refractivity contribution in [2.24, 2.45) is 0 Å². The molecule has 13 rings (SSSR count). The molecule has 0 aliphatic rings. The zero-order valence-corrected chi connectivity index (χ0v) is 36.1. The molecule has 2 nitrogen and oxygen atoms in total. The summed E-state index contributed by atoms with van der Waals surface area (Å²) < 4.78 is 0. The van der Waals surface area contributed by atoms with Gasteiger partial charge in [-0.05, 0) is 147 Å². The number of nitrogens with zero attached hydrogens (tertiary/aromatic N) is 1. The van der Waals surface area contributed by atoms with Crippen molar-refractivity contribution in [3.05, 3.63) is 249 Å². The molecule has 2 heteroatoms. The summed E-state index contributed by atoms with van der Waals surface area (Å²) in [5, 5.41) is 18.8. The molecule has 0 saturated heterocycles. The summed E-state index contributed by atoms with van der Waals surface area (Å²) in [4.78, 5) is 2.37. The maximum atomic E-state index is 3.77. The van der Waals surface area contributed by atoms with Crippen molar-refractivity contribution in [1.82, 2.24) is 0 Å². The van der Waals surface area contributed by atoms with E-state index in [1.165, 1.54) is 98.0 Å². The first kappa shape index (κ1) is 37.8. The van der Waals surface area contributed by atoms with Crippen molar-refractivity contribution in [3.8, 4) is 33.4 Å². The minimum absolute atomic E-state index is 1.07. The largest absolute Gasteiger partial charge is 0.355 e. The van der Waals surface area contributed by atoms with Crippen LogP contribution in [0.2, 0.25) is 0 Å². The summed E-state index contributed by atoms with van der Waals surface area (Å²) in [5.41, 5.74) is 12.8. The van der Waals surface area contributed by atoms with Crippen LogP contribution in [0.5, 0.6) is 0 Å². The Labute approximate surface area is 383 Å². The van der Waals surface area contributed by atoms with Crippen LogP contribution in [0, 0.1) is 0 Å². The SMILES string of the molecule is c1ccc(Nc2ccc3ccccc3c2-c2ccc3ccc4c(-c5ccc(-c6ccc(N(c7ccc8ccccc8c7)c7ccc8ccccc8c7)cc6)cc5)ccc5ccc2c3c54)cc1. The van der Waals surface area contributed by atoms with E-state index in [9.17, 15) is 0 Å². The first-order chi connectivity index (χ1) is 32.7. The standard InChI is InChI=1S/C64H42N2/c1-2-15-52(16-3-1)65-61-39-30-46-12-8-9-17-57(46)64(61)60-38-29-49-27-36-58-56(35-26-48-28-37-59(60)63(49)62(48)58)47-20-18-44(19-21-47)45-22-31-53(32-23-45)66(54-33-24-42-10-4-6-13-50(42)40-54)55-34-25-43-11-5-7-14-51(43)41-55/h1-41,65H. The van der Waals surface area contributed by atoms with Crippen LogP contribution in [0.25, 0.3) is 98.0 Å². The van der Waals surface area contributed by atoms with Crippen LogP contribution >= 0.6 is 0 Å². The fourth-order valence-corrected chi connectivity index (χ4v) is 10.3. The van der Waals surface area contributed by atoms with Crippen LogP contribution in [0.1, 0.15) is 0 Å². The van der Waals surface area contributed by atoms with Crippen LogP contribution in [-0.2, 0) is 0 Å². The van der Waals surface area contributed by atoms with Crippen molar-refractivity contribution in [1.29, 1.82) is 0 Å². The summed E-state index contributed by atoms with van der Waals surface area (Å²) in [6.45, 7) is 0. The van der Waals surface area contributed by atoms with E-state index in [1.54, 1.807) is 0 Å². The molecule has 0 bridgehead atoms. The Morgan fingerprint density at radius 2 is 0.727 bits per heavy atom. The first-order valence-corrected chi connectivity index (χ1v) is 22.7. The maximum Gasteiger partial charge on any atom is 0.0470 e.